The number of ketones is 1. The first-order valence-electron chi connectivity index (χ1n) is 13.0. The van der Waals surface area contributed by atoms with Crippen LogP contribution in [0.25, 0.3) is 11.8 Å². The summed E-state index contributed by atoms with van der Waals surface area (Å²) in [5.41, 5.74) is 1.58. The van der Waals surface area contributed by atoms with Gasteiger partial charge in [0.1, 0.15) is 17.9 Å². The van der Waals surface area contributed by atoms with Gasteiger partial charge < -0.3 is 15.3 Å². The molecular formula is C28H34ClN3O4. The smallest absolute Gasteiger partial charge is 0.190 e. The number of aliphatic hydroxyl groups is 3. The van der Waals surface area contributed by atoms with Gasteiger partial charge in [-0.05, 0) is 78.9 Å². The molecule has 0 aliphatic heterocycles. The maximum atomic E-state index is 12.8. The van der Waals surface area contributed by atoms with E-state index in [4.69, 9.17) is 11.6 Å². The molecule has 0 radical (unpaired) electrons. The second-order valence-electron chi connectivity index (χ2n) is 12.1. The summed E-state index contributed by atoms with van der Waals surface area (Å²) in [5.74, 6) is -0.459. The highest BCUT2D eigenvalue weighted by atomic mass is 35.5. The van der Waals surface area contributed by atoms with E-state index < -0.39 is 29.5 Å². The van der Waals surface area contributed by atoms with Crippen molar-refractivity contribution in [2.75, 3.05) is 6.61 Å². The molecule has 192 valence electrons. The quantitative estimate of drug-likeness (QED) is 0.581. The summed E-state index contributed by atoms with van der Waals surface area (Å²) in [5, 5.41) is 38.3. The minimum Gasteiger partial charge on any atom is -0.393 e. The third-order valence-corrected chi connectivity index (χ3v) is 10.9. The fraction of sp³-hybridized carbons (Fsp3) is 0.607. The normalized spacial score (nSPS) is 41.1. The van der Waals surface area contributed by atoms with Crippen molar-refractivity contribution in [2.45, 2.75) is 64.6 Å². The molecule has 3 fully saturated rings. The van der Waals surface area contributed by atoms with Gasteiger partial charge in [0.25, 0.3) is 0 Å². The van der Waals surface area contributed by atoms with Gasteiger partial charge in [-0.3, -0.25) is 9.78 Å². The first-order valence-corrected chi connectivity index (χ1v) is 13.4. The second-order valence-corrected chi connectivity index (χ2v) is 12.5. The average molecular weight is 512 g/mol. The molecule has 0 aromatic carbocycles. The van der Waals surface area contributed by atoms with Crippen LogP contribution in [0.3, 0.4) is 0 Å². The van der Waals surface area contributed by atoms with Gasteiger partial charge >= 0.3 is 0 Å². The molecule has 7 nitrogen and oxygen atoms in total. The predicted molar refractivity (Wildman–Crippen MR) is 135 cm³/mol. The van der Waals surface area contributed by atoms with Crippen molar-refractivity contribution in [3.8, 4) is 5.69 Å². The fourth-order valence-electron chi connectivity index (χ4n) is 8.95. The van der Waals surface area contributed by atoms with Gasteiger partial charge in [-0.2, -0.15) is 5.10 Å². The molecule has 4 aliphatic rings. The Morgan fingerprint density at radius 3 is 2.81 bits per heavy atom. The Bertz CT molecular complexity index is 1280. The minimum atomic E-state index is -1.61. The Morgan fingerprint density at radius 2 is 2.08 bits per heavy atom. The summed E-state index contributed by atoms with van der Waals surface area (Å²) in [7, 11) is 0. The zero-order valence-electron chi connectivity index (χ0n) is 21.0. The third kappa shape index (κ3) is 2.94. The van der Waals surface area contributed by atoms with E-state index in [1.165, 1.54) is 5.57 Å². The topological polar surface area (TPSA) is 108 Å². The van der Waals surface area contributed by atoms with Crippen LogP contribution in [0.15, 0.2) is 30.2 Å². The van der Waals surface area contributed by atoms with Crippen LogP contribution in [-0.2, 0) is 11.2 Å². The molecule has 8 atom stereocenters. The van der Waals surface area contributed by atoms with E-state index in [0.29, 0.717) is 11.4 Å². The first-order chi connectivity index (χ1) is 17.1. The number of aliphatic hydroxyl groups excluding tert-OH is 2. The lowest BCUT2D eigenvalue weighted by atomic mass is 9.45. The van der Waals surface area contributed by atoms with Crippen molar-refractivity contribution in [1.29, 1.82) is 0 Å². The van der Waals surface area contributed by atoms with Crippen LogP contribution in [0.2, 0.25) is 5.02 Å². The number of fused-ring (bicyclic) bond motifs is 6. The number of allylic oxidation sites excluding steroid dienone is 1. The number of rotatable bonds is 3. The van der Waals surface area contributed by atoms with Crippen LogP contribution < -0.4 is 0 Å². The van der Waals surface area contributed by atoms with Crippen molar-refractivity contribution in [3.05, 3.63) is 46.5 Å². The number of halogens is 1. The van der Waals surface area contributed by atoms with Gasteiger partial charge in [0.15, 0.2) is 5.78 Å². The highest BCUT2D eigenvalue weighted by Crippen LogP contribution is 2.68. The number of carbonyl (C=O) groups is 1. The average Bonchev–Trinajstić information content (AvgIpc) is 3.33. The van der Waals surface area contributed by atoms with Crippen molar-refractivity contribution in [3.63, 3.8) is 0 Å². The van der Waals surface area contributed by atoms with Crippen LogP contribution in [0.5, 0.6) is 0 Å². The third-order valence-electron chi connectivity index (χ3n) is 10.6. The van der Waals surface area contributed by atoms with Crippen molar-refractivity contribution in [1.82, 2.24) is 14.8 Å². The van der Waals surface area contributed by atoms with Crippen molar-refractivity contribution < 1.29 is 20.1 Å². The van der Waals surface area contributed by atoms with Gasteiger partial charge in [0.2, 0.25) is 0 Å². The molecule has 2 aromatic rings. The summed E-state index contributed by atoms with van der Waals surface area (Å²) in [6, 6.07) is 1.76. The number of carbonyl (C=O) groups excluding carboxylic acids is 1. The zero-order chi connectivity index (χ0) is 25.6. The highest BCUT2D eigenvalue weighted by Gasteiger charge is 2.70. The van der Waals surface area contributed by atoms with Gasteiger partial charge in [-0.15, -0.1) is 0 Å². The summed E-state index contributed by atoms with van der Waals surface area (Å²) >= 11 is 6.45. The molecule has 4 aliphatic carbocycles. The van der Waals surface area contributed by atoms with Crippen LogP contribution in [0.1, 0.15) is 57.7 Å². The van der Waals surface area contributed by atoms with E-state index in [-0.39, 0.29) is 29.1 Å². The molecule has 0 saturated heterocycles. The fourth-order valence-corrected chi connectivity index (χ4v) is 9.13. The standard InChI is InChI=1S/C28H34ClN3O4/c1-15-8-19-18-5-4-17-9-21-16(12-31-32(21)22-13-30-7-6-20(22)29)10-26(17,2)25(18)23(34)11-27(19,3)28(15,36)24(35)14-33/h6-7,9,12-13,15,18-19,23,25,33-34,36H,4-5,8,10-11,14H2,1-3H3/t15-,18?,19?,23?,25?,26?,27?,28+/m1/s1. The van der Waals surface area contributed by atoms with Crippen LogP contribution >= 0.6 is 11.6 Å². The maximum Gasteiger partial charge on any atom is 0.190 e. The molecule has 8 heteroatoms. The predicted octanol–water partition coefficient (Wildman–Crippen LogP) is 3.61. The molecule has 0 bridgehead atoms. The molecule has 0 amide bonds. The Hall–Kier alpha value is -2.06. The maximum absolute atomic E-state index is 12.8. The first kappa shape index (κ1) is 24.3. The van der Waals surface area contributed by atoms with Gasteiger partial charge in [-0.1, -0.05) is 37.9 Å². The second kappa shape index (κ2) is 7.97. The van der Waals surface area contributed by atoms with E-state index in [1.807, 2.05) is 24.7 Å². The molecule has 0 spiro atoms. The molecule has 6 rings (SSSR count). The largest absolute Gasteiger partial charge is 0.393 e. The van der Waals surface area contributed by atoms with Crippen molar-refractivity contribution >= 4 is 23.5 Å². The summed E-state index contributed by atoms with van der Waals surface area (Å²) < 4.78 is 1.86. The summed E-state index contributed by atoms with van der Waals surface area (Å²) in [4.78, 5) is 17.1. The monoisotopic (exact) mass is 511 g/mol. The molecule has 2 heterocycles. The Kier molecular flexibility index (Phi) is 5.38. The molecule has 2 aromatic heterocycles. The minimum absolute atomic E-state index is 0.0211. The Morgan fingerprint density at radius 1 is 1.31 bits per heavy atom. The lowest BCUT2D eigenvalue weighted by Gasteiger charge is -2.60. The number of Topliss-reactive ketones (excluding diaryl/α,β-unsaturated/α-hetero) is 1. The molecule has 3 saturated carbocycles. The zero-order valence-corrected chi connectivity index (χ0v) is 21.7. The van der Waals surface area contributed by atoms with E-state index in [1.54, 1.807) is 18.5 Å². The molecule has 6 unspecified atom stereocenters. The van der Waals surface area contributed by atoms with Gasteiger partial charge in [0, 0.05) is 11.6 Å². The van der Waals surface area contributed by atoms with E-state index >= 15 is 0 Å². The summed E-state index contributed by atoms with van der Waals surface area (Å²) in [6.45, 7) is 5.47. The van der Waals surface area contributed by atoms with E-state index in [9.17, 15) is 20.1 Å². The Balaban J connectivity index is 1.39. The molecular weight excluding hydrogens is 478 g/mol. The molecule has 36 heavy (non-hydrogen) atoms. The van der Waals surface area contributed by atoms with Crippen LogP contribution in [0.4, 0.5) is 0 Å². The van der Waals surface area contributed by atoms with Gasteiger partial charge in [0.05, 0.1) is 29.2 Å². The number of hydrogen-bond donors (Lipinski definition) is 3. The van der Waals surface area contributed by atoms with Crippen LogP contribution in [0, 0.1) is 34.5 Å². The van der Waals surface area contributed by atoms with Crippen molar-refractivity contribution in [2.24, 2.45) is 34.5 Å². The van der Waals surface area contributed by atoms with Crippen LogP contribution in [-0.4, -0.2) is 54.2 Å². The number of pyridine rings is 1. The van der Waals surface area contributed by atoms with E-state index in [2.05, 4.69) is 23.1 Å². The lowest BCUT2D eigenvalue weighted by Crippen LogP contribution is -2.63. The Labute approximate surface area is 216 Å². The molecule has 3 N–H and O–H groups in total. The number of hydrogen-bond acceptors (Lipinski definition) is 6. The number of aromatic nitrogens is 3. The van der Waals surface area contributed by atoms with E-state index in [0.717, 1.165) is 42.6 Å². The highest BCUT2D eigenvalue weighted by molar-refractivity contribution is 6.32. The van der Waals surface area contributed by atoms with Gasteiger partial charge in [-0.25, -0.2) is 4.68 Å². The lowest BCUT2D eigenvalue weighted by molar-refractivity contribution is -0.186. The number of nitrogens with zero attached hydrogens (tertiary/aromatic N) is 3. The summed E-state index contributed by atoms with van der Waals surface area (Å²) in [6.07, 6.45) is 10.5. The SMILES string of the molecule is C[C@@H]1CC2C3CCC4=Cc5c(cnn5-c5cnccc5Cl)CC4(C)C3C(O)CC2(C)[C@@]1(O)C(=O)CO.